The lowest BCUT2D eigenvalue weighted by atomic mass is 9.96. The van der Waals surface area contributed by atoms with Gasteiger partial charge in [0.05, 0.1) is 39.4 Å². The first kappa shape index (κ1) is 29.1. The maximum atomic E-state index is 14.2. The summed E-state index contributed by atoms with van der Waals surface area (Å²) in [5.41, 5.74) is 2.39. The Morgan fingerprint density at radius 2 is 1.68 bits per heavy atom. The molecule has 0 aliphatic heterocycles. The van der Waals surface area contributed by atoms with Gasteiger partial charge in [-0.05, 0) is 84.1 Å². The normalized spacial score (nSPS) is 13.8. The molecule has 1 fully saturated rings. The molecule has 4 aromatic carbocycles. The van der Waals surface area contributed by atoms with Crippen molar-refractivity contribution in [2.24, 2.45) is 7.05 Å². The largest absolute Gasteiger partial charge is 0.478 e. The predicted molar refractivity (Wildman–Crippen MR) is 160 cm³/mol. The molecule has 1 saturated carbocycles. The van der Waals surface area contributed by atoms with Gasteiger partial charge in [-0.25, -0.2) is 4.79 Å². The Morgan fingerprint density at radius 3 is 2.30 bits per heavy atom. The number of carbonyl (C=O) groups is 2. The highest BCUT2D eigenvalue weighted by Crippen LogP contribution is 2.47. The number of nitrogens with one attached hydrogen (secondary N) is 1. The SMILES string of the molecule is Cn1cc(Sc2ccc(C(F)(F)F)cc2)c2c(C(=O)NC3(c4ccc(C(=O)O)cc4)CC3)cc(-c3ccccc3C#N)cc21. The molecule has 220 valence electrons. The first-order chi connectivity index (χ1) is 21.0. The van der Waals surface area contributed by atoms with Crippen LogP contribution in [0.25, 0.3) is 22.0 Å². The average molecular weight is 612 g/mol. The summed E-state index contributed by atoms with van der Waals surface area (Å²) in [5.74, 6) is -1.39. The zero-order valence-corrected chi connectivity index (χ0v) is 24.1. The van der Waals surface area contributed by atoms with Gasteiger partial charge in [0.25, 0.3) is 5.91 Å². The molecular formula is C34H24F3N3O3S. The molecule has 1 aromatic heterocycles. The summed E-state index contributed by atoms with van der Waals surface area (Å²) in [5, 5.41) is 22.9. The summed E-state index contributed by atoms with van der Waals surface area (Å²) < 4.78 is 41.3. The fraction of sp³-hybridized carbons (Fsp3) is 0.147. The van der Waals surface area contributed by atoms with Crippen molar-refractivity contribution >= 4 is 34.5 Å². The zero-order valence-electron chi connectivity index (χ0n) is 23.3. The summed E-state index contributed by atoms with van der Waals surface area (Å²) in [6.45, 7) is 0. The van der Waals surface area contributed by atoms with E-state index in [0.29, 0.717) is 55.8 Å². The first-order valence-electron chi connectivity index (χ1n) is 13.6. The number of aryl methyl sites for hydroxylation is 1. The number of nitrogens with zero attached hydrogens (tertiary/aromatic N) is 2. The molecule has 6 rings (SSSR count). The number of alkyl halides is 3. The lowest BCUT2D eigenvalue weighted by Crippen LogP contribution is -2.35. The van der Waals surface area contributed by atoms with Gasteiger partial charge in [0.1, 0.15) is 0 Å². The van der Waals surface area contributed by atoms with Gasteiger partial charge >= 0.3 is 12.1 Å². The minimum Gasteiger partial charge on any atom is -0.478 e. The third-order valence-corrected chi connectivity index (χ3v) is 8.89. The second-order valence-corrected chi connectivity index (χ2v) is 11.8. The Labute approximate surface area is 254 Å². The molecule has 0 saturated heterocycles. The number of carbonyl (C=O) groups excluding carboxylic acids is 1. The van der Waals surface area contributed by atoms with Crippen LogP contribution in [0, 0.1) is 11.3 Å². The summed E-state index contributed by atoms with van der Waals surface area (Å²) >= 11 is 1.26. The van der Waals surface area contributed by atoms with Gasteiger partial charge in [0.15, 0.2) is 0 Å². The van der Waals surface area contributed by atoms with E-state index in [2.05, 4.69) is 11.4 Å². The van der Waals surface area contributed by atoms with Crippen molar-refractivity contribution < 1.29 is 27.9 Å². The third-order valence-electron chi connectivity index (χ3n) is 7.85. The zero-order chi connectivity index (χ0) is 31.2. The van der Waals surface area contributed by atoms with Gasteiger partial charge in [0, 0.05) is 28.4 Å². The number of nitriles is 1. The summed E-state index contributed by atoms with van der Waals surface area (Å²) in [7, 11) is 1.83. The van der Waals surface area contributed by atoms with Crippen LogP contribution in [0.2, 0.25) is 0 Å². The average Bonchev–Trinajstić information content (AvgIpc) is 3.73. The van der Waals surface area contributed by atoms with E-state index in [1.807, 2.05) is 36.0 Å². The van der Waals surface area contributed by atoms with E-state index in [1.54, 1.807) is 30.3 Å². The highest BCUT2D eigenvalue weighted by atomic mass is 32.2. The highest BCUT2D eigenvalue weighted by Gasteiger charge is 2.46. The molecule has 0 bridgehead atoms. The number of benzene rings is 4. The molecule has 0 radical (unpaired) electrons. The van der Waals surface area contributed by atoms with Crippen LogP contribution in [0.15, 0.2) is 101 Å². The summed E-state index contributed by atoms with van der Waals surface area (Å²) in [4.78, 5) is 26.8. The number of hydrogen-bond donors (Lipinski definition) is 2. The van der Waals surface area contributed by atoms with Gasteiger partial charge in [-0.2, -0.15) is 18.4 Å². The summed E-state index contributed by atoms with van der Waals surface area (Å²) in [6, 6.07) is 24.3. The van der Waals surface area contributed by atoms with E-state index >= 15 is 0 Å². The van der Waals surface area contributed by atoms with Crippen molar-refractivity contribution in [1.29, 1.82) is 5.26 Å². The first-order valence-corrected chi connectivity index (χ1v) is 14.4. The predicted octanol–water partition coefficient (Wildman–Crippen LogP) is 8.00. The molecule has 1 amide bonds. The molecule has 1 aliphatic carbocycles. The van der Waals surface area contributed by atoms with E-state index in [1.165, 1.54) is 36.0 Å². The topological polar surface area (TPSA) is 95.1 Å². The number of aromatic carboxylic acids is 1. The van der Waals surface area contributed by atoms with Crippen LogP contribution in [0.3, 0.4) is 0 Å². The van der Waals surface area contributed by atoms with E-state index in [4.69, 9.17) is 0 Å². The van der Waals surface area contributed by atoms with Gasteiger partial charge in [0.2, 0.25) is 0 Å². The van der Waals surface area contributed by atoms with E-state index < -0.39 is 23.2 Å². The van der Waals surface area contributed by atoms with E-state index in [9.17, 15) is 33.1 Å². The molecule has 0 spiro atoms. The van der Waals surface area contributed by atoms with E-state index in [0.717, 1.165) is 17.7 Å². The Balaban J connectivity index is 1.45. The van der Waals surface area contributed by atoms with Crippen LogP contribution in [-0.4, -0.2) is 21.6 Å². The number of amides is 1. The highest BCUT2D eigenvalue weighted by molar-refractivity contribution is 7.99. The second kappa shape index (κ2) is 10.9. The van der Waals surface area contributed by atoms with Crippen molar-refractivity contribution in [3.63, 3.8) is 0 Å². The number of fused-ring (bicyclic) bond motifs is 1. The van der Waals surface area contributed by atoms with Gasteiger partial charge in [-0.15, -0.1) is 0 Å². The smallest absolute Gasteiger partial charge is 0.416 e. The molecule has 2 N–H and O–H groups in total. The van der Waals surface area contributed by atoms with Crippen LogP contribution < -0.4 is 5.32 Å². The minimum absolute atomic E-state index is 0.149. The molecule has 6 nitrogen and oxygen atoms in total. The number of carboxylic acids is 1. The fourth-order valence-corrected chi connectivity index (χ4v) is 6.44. The Morgan fingerprint density at radius 1 is 1.00 bits per heavy atom. The minimum atomic E-state index is -4.45. The quantitative estimate of drug-likeness (QED) is 0.194. The fourth-order valence-electron chi connectivity index (χ4n) is 5.38. The maximum absolute atomic E-state index is 14.2. The summed E-state index contributed by atoms with van der Waals surface area (Å²) in [6.07, 6.45) is -1.27. The number of aromatic nitrogens is 1. The van der Waals surface area contributed by atoms with Crippen molar-refractivity contribution in [2.75, 3.05) is 0 Å². The molecule has 1 aliphatic rings. The monoisotopic (exact) mass is 611 g/mol. The van der Waals surface area contributed by atoms with Crippen molar-refractivity contribution in [3.05, 3.63) is 119 Å². The molecule has 0 atom stereocenters. The lowest BCUT2D eigenvalue weighted by molar-refractivity contribution is -0.137. The molecule has 5 aromatic rings. The van der Waals surface area contributed by atoms with Crippen LogP contribution in [0.5, 0.6) is 0 Å². The van der Waals surface area contributed by atoms with Crippen molar-refractivity contribution in [1.82, 2.24) is 9.88 Å². The van der Waals surface area contributed by atoms with Crippen LogP contribution >= 0.6 is 11.8 Å². The molecule has 1 heterocycles. The maximum Gasteiger partial charge on any atom is 0.416 e. The Bertz CT molecular complexity index is 1970. The number of hydrogen-bond acceptors (Lipinski definition) is 4. The molecular weight excluding hydrogens is 587 g/mol. The second-order valence-electron chi connectivity index (χ2n) is 10.7. The van der Waals surface area contributed by atoms with Crippen molar-refractivity contribution in [3.8, 4) is 17.2 Å². The molecule has 10 heteroatoms. The number of rotatable bonds is 7. The standard InChI is InChI=1S/C34H24F3N3O3S/c1-40-19-29(44-25-12-10-24(11-13-25)34(35,36)37)30-27(16-22(17-28(30)40)26-5-3-2-4-21(26)18-38)31(41)39-33(14-15-33)23-8-6-20(7-9-23)32(42)43/h2-13,16-17,19H,14-15H2,1H3,(H,39,41)(H,42,43). The Kier molecular flexibility index (Phi) is 7.22. The molecule has 0 unspecified atom stereocenters. The van der Waals surface area contributed by atoms with Gasteiger partial charge in [-0.1, -0.05) is 42.1 Å². The van der Waals surface area contributed by atoms with Gasteiger partial charge < -0.3 is 15.0 Å². The van der Waals surface area contributed by atoms with Crippen LogP contribution in [0.4, 0.5) is 13.2 Å². The lowest BCUT2D eigenvalue weighted by Gasteiger charge is -2.20. The Hall–Kier alpha value is -5.01. The number of carboxylic acid groups (broad SMARTS) is 1. The van der Waals surface area contributed by atoms with Gasteiger partial charge in [-0.3, -0.25) is 4.79 Å². The molecule has 44 heavy (non-hydrogen) atoms. The van der Waals surface area contributed by atoms with Crippen LogP contribution in [-0.2, 0) is 18.8 Å². The third kappa shape index (κ3) is 5.42. The van der Waals surface area contributed by atoms with E-state index in [-0.39, 0.29) is 11.5 Å². The number of halogens is 3. The van der Waals surface area contributed by atoms with Crippen LogP contribution in [0.1, 0.15) is 50.2 Å². The van der Waals surface area contributed by atoms with Crippen molar-refractivity contribution in [2.45, 2.75) is 34.3 Å².